The Bertz CT molecular complexity index is 445. The van der Waals surface area contributed by atoms with Crippen LogP contribution in [-0.2, 0) is 14.3 Å². The fourth-order valence-electron chi connectivity index (χ4n) is 1.29. The number of aromatic nitrogens is 3. The molecular formula is C10H14N4O5. The van der Waals surface area contributed by atoms with Crippen LogP contribution in [0.2, 0.25) is 0 Å². The molecule has 0 unspecified atom stereocenters. The van der Waals surface area contributed by atoms with E-state index in [1.165, 1.54) is 0 Å². The smallest absolute Gasteiger partial charge is 0.326 e. The van der Waals surface area contributed by atoms with Gasteiger partial charge in [-0.25, -0.2) is 9.78 Å². The Labute approximate surface area is 108 Å². The van der Waals surface area contributed by atoms with Gasteiger partial charge in [-0.2, -0.15) is 5.10 Å². The van der Waals surface area contributed by atoms with E-state index in [1.807, 2.05) is 0 Å². The number of H-pyrrole nitrogens is 1. The minimum absolute atomic E-state index is 0.0615. The van der Waals surface area contributed by atoms with Crippen LogP contribution >= 0.6 is 0 Å². The molecule has 0 aromatic carbocycles. The molecule has 3 N–H and O–H groups in total. The van der Waals surface area contributed by atoms with Gasteiger partial charge in [-0.1, -0.05) is 0 Å². The minimum atomic E-state index is -1.24. The summed E-state index contributed by atoms with van der Waals surface area (Å²) >= 11 is 0. The normalized spacial score (nSPS) is 11.6. The monoisotopic (exact) mass is 270 g/mol. The zero-order chi connectivity index (χ0) is 14.3. The standard InChI is InChI=1S/C10H14N4O5/c1-2-19-7(15)4-3-6(10(17)18)13-9(16)8-11-5-12-14-8/h5-6H,2-4H2,1H3,(H,13,16)(H,17,18)(H,11,12,14)/t6-/m0/s1. The van der Waals surface area contributed by atoms with Crippen LogP contribution in [0.4, 0.5) is 0 Å². The van der Waals surface area contributed by atoms with E-state index in [1.54, 1.807) is 6.92 Å². The van der Waals surface area contributed by atoms with E-state index in [4.69, 9.17) is 5.11 Å². The maximum Gasteiger partial charge on any atom is 0.326 e. The van der Waals surface area contributed by atoms with Crippen LogP contribution in [-0.4, -0.2) is 50.8 Å². The molecule has 19 heavy (non-hydrogen) atoms. The topological polar surface area (TPSA) is 134 Å². The number of carboxylic acid groups (broad SMARTS) is 1. The van der Waals surface area contributed by atoms with Gasteiger partial charge in [0, 0.05) is 6.42 Å². The van der Waals surface area contributed by atoms with Crippen LogP contribution in [0.3, 0.4) is 0 Å². The molecule has 1 rings (SSSR count). The highest BCUT2D eigenvalue weighted by molar-refractivity contribution is 5.93. The fourth-order valence-corrected chi connectivity index (χ4v) is 1.29. The summed E-state index contributed by atoms with van der Waals surface area (Å²) in [5, 5.41) is 17.0. The lowest BCUT2D eigenvalue weighted by Gasteiger charge is -2.12. The van der Waals surface area contributed by atoms with E-state index in [0.717, 1.165) is 6.33 Å². The second kappa shape index (κ2) is 7.09. The summed E-state index contributed by atoms with van der Waals surface area (Å²) in [5.41, 5.74) is 0. The van der Waals surface area contributed by atoms with Crippen molar-refractivity contribution >= 4 is 17.8 Å². The number of hydrogen-bond acceptors (Lipinski definition) is 6. The zero-order valence-corrected chi connectivity index (χ0v) is 10.3. The van der Waals surface area contributed by atoms with Crippen molar-refractivity contribution in [3.8, 4) is 0 Å². The van der Waals surface area contributed by atoms with E-state index in [9.17, 15) is 14.4 Å². The van der Waals surface area contributed by atoms with Crippen molar-refractivity contribution in [1.29, 1.82) is 0 Å². The van der Waals surface area contributed by atoms with Crippen LogP contribution < -0.4 is 5.32 Å². The van der Waals surface area contributed by atoms with E-state index in [0.29, 0.717) is 0 Å². The highest BCUT2D eigenvalue weighted by Gasteiger charge is 2.23. The highest BCUT2D eigenvalue weighted by Crippen LogP contribution is 2.01. The van der Waals surface area contributed by atoms with Crippen LogP contribution in [0.1, 0.15) is 30.4 Å². The highest BCUT2D eigenvalue weighted by atomic mass is 16.5. The zero-order valence-electron chi connectivity index (χ0n) is 10.3. The van der Waals surface area contributed by atoms with Gasteiger partial charge in [0.1, 0.15) is 12.4 Å². The van der Waals surface area contributed by atoms with Crippen molar-refractivity contribution in [1.82, 2.24) is 20.5 Å². The molecule has 9 nitrogen and oxygen atoms in total. The first-order valence-corrected chi connectivity index (χ1v) is 5.59. The lowest BCUT2D eigenvalue weighted by Crippen LogP contribution is -2.41. The SMILES string of the molecule is CCOC(=O)CC[C@H](NC(=O)c1ncn[nH]1)C(=O)O. The Morgan fingerprint density at radius 1 is 1.53 bits per heavy atom. The summed E-state index contributed by atoms with van der Waals surface area (Å²) in [5.74, 6) is -2.55. The molecule has 0 saturated heterocycles. The minimum Gasteiger partial charge on any atom is -0.480 e. The van der Waals surface area contributed by atoms with Crippen molar-refractivity contribution in [2.45, 2.75) is 25.8 Å². The molecule has 1 heterocycles. The van der Waals surface area contributed by atoms with Gasteiger partial charge in [0.15, 0.2) is 0 Å². The molecule has 0 fully saturated rings. The molecule has 0 aliphatic carbocycles. The number of aromatic amines is 1. The molecule has 0 aliphatic heterocycles. The van der Waals surface area contributed by atoms with Gasteiger partial charge in [0.05, 0.1) is 6.61 Å². The second-order valence-corrected chi connectivity index (χ2v) is 3.54. The van der Waals surface area contributed by atoms with Gasteiger partial charge in [0.2, 0.25) is 5.82 Å². The number of aliphatic carboxylic acids is 1. The van der Waals surface area contributed by atoms with E-state index in [-0.39, 0.29) is 25.3 Å². The number of hydrogen-bond donors (Lipinski definition) is 3. The quantitative estimate of drug-likeness (QED) is 0.559. The first kappa shape index (κ1) is 14.6. The number of carboxylic acids is 1. The first-order chi connectivity index (χ1) is 9.04. The van der Waals surface area contributed by atoms with Gasteiger partial charge in [-0.3, -0.25) is 14.7 Å². The summed E-state index contributed by atoms with van der Waals surface area (Å²) in [6.45, 7) is 1.87. The van der Waals surface area contributed by atoms with Gasteiger partial charge in [-0.05, 0) is 13.3 Å². The van der Waals surface area contributed by atoms with Crippen molar-refractivity contribution in [2.24, 2.45) is 0 Å². The summed E-state index contributed by atoms with van der Waals surface area (Å²) in [6.07, 6.45) is 0.971. The van der Waals surface area contributed by atoms with Gasteiger partial charge < -0.3 is 15.2 Å². The van der Waals surface area contributed by atoms with E-state index < -0.39 is 23.9 Å². The van der Waals surface area contributed by atoms with Crippen molar-refractivity contribution in [3.63, 3.8) is 0 Å². The summed E-state index contributed by atoms with van der Waals surface area (Å²) in [4.78, 5) is 37.2. The number of ether oxygens (including phenoxy) is 1. The van der Waals surface area contributed by atoms with Crippen molar-refractivity contribution < 1.29 is 24.2 Å². The first-order valence-electron chi connectivity index (χ1n) is 5.59. The maximum atomic E-state index is 11.6. The lowest BCUT2D eigenvalue weighted by molar-refractivity contribution is -0.144. The van der Waals surface area contributed by atoms with Crippen LogP contribution in [0, 0.1) is 0 Å². The molecule has 0 bridgehead atoms. The predicted molar refractivity (Wildman–Crippen MR) is 61.1 cm³/mol. The Morgan fingerprint density at radius 3 is 2.79 bits per heavy atom. The number of nitrogens with zero attached hydrogens (tertiary/aromatic N) is 2. The second-order valence-electron chi connectivity index (χ2n) is 3.54. The number of nitrogens with one attached hydrogen (secondary N) is 2. The fraction of sp³-hybridized carbons (Fsp3) is 0.500. The molecule has 104 valence electrons. The molecule has 0 saturated carbocycles. The summed E-state index contributed by atoms with van der Waals surface area (Å²) < 4.78 is 4.68. The van der Waals surface area contributed by atoms with E-state index in [2.05, 4.69) is 25.2 Å². The lowest BCUT2D eigenvalue weighted by atomic mass is 10.1. The number of rotatable bonds is 7. The Balaban J connectivity index is 2.51. The Hall–Kier alpha value is -2.45. The third-order valence-corrected chi connectivity index (χ3v) is 2.18. The molecular weight excluding hydrogens is 256 g/mol. The predicted octanol–water partition coefficient (Wildman–Crippen LogP) is -0.669. The molecule has 0 aliphatic rings. The average Bonchev–Trinajstić information content (AvgIpc) is 2.88. The summed E-state index contributed by atoms with van der Waals surface area (Å²) in [6, 6.07) is -1.19. The Morgan fingerprint density at radius 2 is 2.26 bits per heavy atom. The van der Waals surface area contributed by atoms with Gasteiger partial charge >= 0.3 is 11.9 Å². The van der Waals surface area contributed by atoms with Crippen LogP contribution in [0.15, 0.2) is 6.33 Å². The molecule has 1 atom stereocenters. The number of carbonyl (C=O) groups is 3. The number of carbonyl (C=O) groups excluding carboxylic acids is 2. The van der Waals surface area contributed by atoms with Crippen molar-refractivity contribution in [3.05, 3.63) is 12.2 Å². The largest absolute Gasteiger partial charge is 0.480 e. The van der Waals surface area contributed by atoms with Crippen molar-refractivity contribution in [2.75, 3.05) is 6.61 Å². The maximum absolute atomic E-state index is 11.6. The molecule has 9 heteroatoms. The molecule has 0 radical (unpaired) electrons. The third kappa shape index (κ3) is 4.74. The Kier molecular flexibility index (Phi) is 5.45. The molecule has 0 spiro atoms. The third-order valence-electron chi connectivity index (χ3n) is 2.18. The molecule has 1 aromatic heterocycles. The number of esters is 1. The van der Waals surface area contributed by atoms with Gasteiger partial charge in [-0.15, -0.1) is 0 Å². The van der Waals surface area contributed by atoms with E-state index >= 15 is 0 Å². The van der Waals surface area contributed by atoms with Crippen LogP contribution in [0.5, 0.6) is 0 Å². The summed E-state index contributed by atoms with van der Waals surface area (Å²) in [7, 11) is 0. The van der Waals surface area contributed by atoms with Crippen LogP contribution in [0.25, 0.3) is 0 Å². The molecule has 1 aromatic rings. The molecule has 1 amide bonds. The number of amides is 1. The van der Waals surface area contributed by atoms with Gasteiger partial charge in [0.25, 0.3) is 5.91 Å². The average molecular weight is 270 g/mol.